The minimum atomic E-state index is -0.512. The lowest BCUT2D eigenvalue weighted by molar-refractivity contribution is -0.159. The van der Waals surface area contributed by atoms with Gasteiger partial charge in [0, 0.05) is 45.2 Å². The van der Waals surface area contributed by atoms with Crippen molar-refractivity contribution in [3.05, 3.63) is 71.5 Å². The van der Waals surface area contributed by atoms with Gasteiger partial charge in [0.25, 0.3) is 0 Å². The Balaban J connectivity index is 1.25. The second-order valence-corrected chi connectivity index (χ2v) is 8.45. The van der Waals surface area contributed by atoms with Gasteiger partial charge in [0.15, 0.2) is 0 Å². The van der Waals surface area contributed by atoms with Crippen molar-refractivity contribution in [1.29, 1.82) is 0 Å². The number of carbonyl (C=O) groups excluding carboxylic acids is 3. The molecule has 0 unspecified atom stereocenters. The average molecular weight is 438 g/mol. The number of hydrogen-bond acceptors (Lipinski definition) is 3. The summed E-state index contributed by atoms with van der Waals surface area (Å²) in [5.74, 6) is -1.18. The molecule has 2 aromatic carbocycles. The molecule has 0 aliphatic carbocycles. The number of halogens is 1. The number of aryl methyl sites for hydroxylation is 1. The highest BCUT2D eigenvalue weighted by Gasteiger charge is 2.37. The van der Waals surface area contributed by atoms with E-state index in [0.29, 0.717) is 52.0 Å². The van der Waals surface area contributed by atoms with Gasteiger partial charge in [0.1, 0.15) is 5.82 Å². The SMILES string of the molecule is O=C(CCc1ccccc1)N1CCC(N2CCN(Cc3ccc(F)cc3)C(=O)C2=O)CC1. The third kappa shape index (κ3) is 5.15. The standard InChI is InChI=1S/C25H28FN3O3/c26-21-9-6-20(7-10-21)18-28-16-17-29(25(32)24(28)31)22-12-14-27(15-13-22)23(30)11-8-19-4-2-1-3-5-19/h1-7,9-10,22H,8,11-18H2. The third-order valence-electron chi connectivity index (χ3n) is 6.36. The summed E-state index contributed by atoms with van der Waals surface area (Å²) in [4.78, 5) is 43.0. The highest BCUT2D eigenvalue weighted by molar-refractivity contribution is 6.35. The number of likely N-dealkylation sites (tertiary alicyclic amines) is 1. The van der Waals surface area contributed by atoms with Crippen LogP contribution < -0.4 is 0 Å². The van der Waals surface area contributed by atoms with E-state index in [-0.39, 0.29) is 17.8 Å². The number of rotatable bonds is 6. The average Bonchev–Trinajstić information content (AvgIpc) is 2.83. The highest BCUT2D eigenvalue weighted by atomic mass is 19.1. The molecule has 0 bridgehead atoms. The second kappa shape index (κ2) is 9.94. The zero-order valence-corrected chi connectivity index (χ0v) is 18.1. The van der Waals surface area contributed by atoms with Crippen LogP contribution in [0, 0.1) is 5.82 Å². The Morgan fingerprint density at radius 3 is 2.22 bits per heavy atom. The molecule has 4 rings (SSSR count). The number of hydrogen-bond donors (Lipinski definition) is 0. The van der Waals surface area contributed by atoms with Crippen LogP contribution in [0.2, 0.25) is 0 Å². The lowest BCUT2D eigenvalue weighted by Gasteiger charge is -2.42. The first-order chi connectivity index (χ1) is 15.5. The predicted octanol–water partition coefficient (Wildman–Crippen LogP) is 2.62. The first-order valence-electron chi connectivity index (χ1n) is 11.2. The van der Waals surface area contributed by atoms with Gasteiger partial charge >= 0.3 is 11.8 Å². The molecule has 7 heteroatoms. The van der Waals surface area contributed by atoms with E-state index in [1.807, 2.05) is 35.2 Å². The van der Waals surface area contributed by atoms with Gasteiger partial charge in [-0.25, -0.2) is 4.39 Å². The van der Waals surface area contributed by atoms with E-state index in [0.717, 1.165) is 17.5 Å². The normalized spacial score (nSPS) is 17.7. The van der Waals surface area contributed by atoms with Gasteiger partial charge in [-0.2, -0.15) is 0 Å². The van der Waals surface area contributed by atoms with Crippen LogP contribution in [0.5, 0.6) is 0 Å². The van der Waals surface area contributed by atoms with Crippen molar-refractivity contribution in [1.82, 2.24) is 14.7 Å². The molecular weight excluding hydrogens is 409 g/mol. The topological polar surface area (TPSA) is 60.9 Å². The second-order valence-electron chi connectivity index (χ2n) is 8.45. The van der Waals surface area contributed by atoms with E-state index < -0.39 is 11.8 Å². The molecule has 0 spiro atoms. The van der Waals surface area contributed by atoms with Gasteiger partial charge in [0.2, 0.25) is 5.91 Å². The molecule has 0 saturated carbocycles. The summed E-state index contributed by atoms with van der Waals surface area (Å²) in [5.41, 5.74) is 1.95. The molecule has 168 valence electrons. The van der Waals surface area contributed by atoms with Crippen LogP contribution in [-0.2, 0) is 27.3 Å². The molecule has 3 amide bonds. The lowest BCUT2D eigenvalue weighted by Crippen LogP contribution is -2.59. The number of carbonyl (C=O) groups is 3. The quantitative estimate of drug-likeness (QED) is 0.653. The zero-order chi connectivity index (χ0) is 22.5. The summed E-state index contributed by atoms with van der Waals surface area (Å²) in [6.07, 6.45) is 2.58. The van der Waals surface area contributed by atoms with E-state index >= 15 is 0 Å². The molecule has 2 saturated heterocycles. The highest BCUT2D eigenvalue weighted by Crippen LogP contribution is 2.21. The van der Waals surface area contributed by atoms with E-state index in [4.69, 9.17) is 0 Å². The van der Waals surface area contributed by atoms with E-state index in [1.54, 1.807) is 17.0 Å². The number of piperazine rings is 1. The van der Waals surface area contributed by atoms with E-state index in [2.05, 4.69) is 0 Å². The van der Waals surface area contributed by atoms with Gasteiger partial charge in [-0.05, 0) is 42.5 Å². The Hall–Kier alpha value is -3.22. The van der Waals surface area contributed by atoms with Crippen molar-refractivity contribution >= 4 is 17.7 Å². The fourth-order valence-corrected chi connectivity index (χ4v) is 4.48. The molecule has 0 atom stereocenters. The molecule has 0 N–H and O–H groups in total. The third-order valence-corrected chi connectivity index (χ3v) is 6.36. The first kappa shape index (κ1) is 22.0. The Morgan fingerprint density at radius 1 is 0.844 bits per heavy atom. The molecule has 2 aromatic rings. The van der Waals surface area contributed by atoms with Crippen LogP contribution in [-0.4, -0.2) is 64.6 Å². The molecule has 6 nitrogen and oxygen atoms in total. The summed E-state index contributed by atoms with van der Waals surface area (Å²) >= 11 is 0. The maximum Gasteiger partial charge on any atom is 0.312 e. The summed E-state index contributed by atoms with van der Waals surface area (Å²) in [6.45, 7) is 2.45. The van der Waals surface area contributed by atoms with Crippen molar-refractivity contribution in [2.75, 3.05) is 26.2 Å². The maximum absolute atomic E-state index is 13.1. The molecule has 2 fully saturated rings. The van der Waals surface area contributed by atoms with Gasteiger partial charge < -0.3 is 14.7 Å². The van der Waals surface area contributed by atoms with Crippen molar-refractivity contribution in [3.63, 3.8) is 0 Å². The largest absolute Gasteiger partial charge is 0.343 e. The molecule has 2 heterocycles. The Morgan fingerprint density at radius 2 is 1.53 bits per heavy atom. The maximum atomic E-state index is 13.1. The summed E-state index contributed by atoms with van der Waals surface area (Å²) < 4.78 is 13.1. The summed E-state index contributed by atoms with van der Waals surface area (Å²) in [5, 5.41) is 0. The number of nitrogens with zero attached hydrogens (tertiary/aromatic N) is 3. The predicted molar refractivity (Wildman–Crippen MR) is 118 cm³/mol. The monoisotopic (exact) mass is 437 g/mol. The van der Waals surface area contributed by atoms with Gasteiger partial charge in [0.05, 0.1) is 0 Å². The number of benzene rings is 2. The number of amides is 3. The molecular formula is C25H28FN3O3. The van der Waals surface area contributed by atoms with Gasteiger partial charge in [-0.1, -0.05) is 42.5 Å². The first-order valence-corrected chi connectivity index (χ1v) is 11.2. The van der Waals surface area contributed by atoms with Crippen molar-refractivity contribution < 1.29 is 18.8 Å². The van der Waals surface area contributed by atoms with Crippen LogP contribution in [0.1, 0.15) is 30.4 Å². The van der Waals surface area contributed by atoms with Crippen molar-refractivity contribution in [2.45, 2.75) is 38.3 Å². The van der Waals surface area contributed by atoms with Crippen LogP contribution in [0.25, 0.3) is 0 Å². The summed E-state index contributed by atoms with van der Waals surface area (Å²) in [6, 6.07) is 15.9. The van der Waals surface area contributed by atoms with Gasteiger partial charge in [-0.3, -0.25) is 14.4 Å². The Labute approximate surface area is 187 Å². The minimum absolute atomic E-state index is 0.0161. The van der Waals surface area contributed by atoms with Crippen LogP contribution >= 0.6 is 0 Å². The smallest absolute Gasteiger partial charge is 0.312 e. The molecule has 2 aliphatic rings. The van der Waals surface area contributed by atoms with Crippen LogP contribution in [0.15, 0.2) is 54.6 Å². The summed E-state index contributed by atoms with van der Waals surface area (Å²) in [7, 11) is 0. The molecule has 2 aliphatic heterocycles. The van der Waals surface area contributed by atoms with Crippen LogP contribution in [0.3, 0.4) is 0 Å². The fraction of sp³-hybridized carbons (Fsp3) is 0.400. The van der Waals surface area contributed by atoms with E-state index in [1.165, 1.54) is 17.0 Å². The van der Waals surface area contributed by atoms with Crippen LogP contribution in [0.4, 0.5) is 4.39 Å². The zero-order valence-electron chi connectivity index (χ0n) is 18.1. The Kier molecular flexibility index (Phi) is 6.83. The molecule has 0 aromatic heterocycles. The molecule has 0 radical (unpaired) electrons. The van der Waals surface area contributed by atoms with Crippen molar-refractivity contribution in [2.24, 2.45) is 0 Å². The van der Waals surface area contributed by atoms with E-state index in [9.17, 15) is 18.8 Å². The fourth-order valence-electron chi connectivity index (χ4n) is 4.48. The van der Waals surface area contributed by atoms with Gasteiger partial charge in [-0.15, -0.1) is 0 Å². The minimum Gasteiger partial charge on any atom is -0.343 e. The molecule has 32 heavy (non-hydrogen) atoms. The lowest BCUT2D eigenvalue weighted by atomic mass is 10.0. The van der Waals surface area contributed by atoms with Crippen molar-refractivity contribution in [3.8, 4) is 0 Å². The number of piperidine rings is 1. The Bertz CT molecular complexity index is 956.